The number of rotatable bonds is 5. The van der Waals surface area contributed by atoms with Crippen molar-refractivity contribution < 1.29 is 13.2 Å². The van der Waals surface area contributed by atoms with Crippen molar-refractivity contribution in [3.8, 4) is 0 Å². The first-order valence-corrected chi connectivity index (χ1v) is 5.94. The summed E-state index contributed by atoms with van der Waals surface area (Å²) < 4.78 is 31.5. The number of hydrogen-bond donors (Lipinski definition) is 1. The van der Waals surface area contributed by atoms with Gasteiger partial charge in [0.15, 0.2) is 11.6 Å². The van der Waals surface area contributed by atoms with Gasteiger partial charge in [0, 0.05) is 0 Å². The maximum absolute atomic E-state index is 13.3. The van der Waals surface area contributed by atoms with E-state index < -0.39 is 11.6 Å². The van der Waals surface area contributed by atoms with Crippen molar-refractivity contribution in [2.24, 2.45) is 0 Å². The van der Waals surface area contributed by atoms with Crippen LogP contribution in [0.2, 0.25) is 0 Å². The lowest BCUT2D eigenvalue weighted by Crippen LogP contribution is -2.23. The van der Waals surface area contributed by atoms with Gasteiger partial charge >= 0.3 is 0 Å². The zero-order valence-electron chi connectivity index (χ0n) is 10.1. The van der Waals surface area contributed by atoms with Gasteiger partial charge in [-0.05, 0) is 42.8 Å². The average molecular weight is 251 g/mol. The lowest BCUT2D eigenvalue weighted by molar-refractivity contribution is 0.443. The van der Waals surface area contributed by atoms with Crippen LogP contribution in [0.15, 0.2) is 41.0 Å². The van der Waals surface area contributed by atoms with Crippen molar-refractivity contribution in [3.63, 3.8) is 0 Å². The van der Waals surface area contributed by atoms with Gasteiger partial charge in [0.2, 0.25) is 0 Å². The fourth-order valence-corrected chi connectivity index (χ4v) is 1.82. The van der Waals surface area contributed by atoms with Gasteiger partial charge < -0.3 is 9.73 Å². The lowest BCUT2D eigenvalue weighted by atomic mass is 10.0. The van der Waals surface area contributed by atoms with Crippen LogP contribution in [0.1, 0.15) is 30.7 Å². The van der Waals surface area contributed by atoms with E-state index in [9.17, 15) is 8.78 Å². The summed E-state index contributed by atoms with van der Waals surface area (Å²) >= 11 is 0. The molecule has 2 rings (SSSR count). The highest BCUT2D eigenvalue weighted by Gasteiger charge is 2.17. The van der Waals surface area contributed by atoms with Crippen LogP contribution in [0.5, 0.6) is 0 Å². The van der Waals surface area contributed by atoms with Crippen LogP contribution < -0.4 is 5.32 Å². The van der Waals surface area contributed by atoms with E-state index >= 15 is 0 Å². The molecule has 0 aliphatic carbocycles. The molecule has 0 bridgehead atoms. The van der Waals surface area contributed by atoms with Crippen molar-refractivity contribution in [1.29, 1.82) is 0 Å². The molecule has 1 aromatic heterocycles. The molecule has 0 radical (unpaired) electrons. The smallest absolute Gasteiger partial charge is 0.159 e. The number of benzene rings is 1. The van der Waals surface area contributed by atoms with Gasteiger partial charge in [0.25, 0.3) is 0 Å². The molecule has 0 fully saturated rings. The molecule has 4 heteroatoms. The molecule has 1 unspecified atom stereocenters. The van der Waals surface area contributed by atoms with Gasteiger partial charge in [-0.25, -0.2) is 8.78 Å². The Kier molecular flexibility index (Phi) is 4.10. The predicted molar refractivity (Wildman–Crippen MR) is 65.2 cm³/mol. The summed E-state index contributed by atoms with van der Waals surface area (Å²) in [5.74, 6) is -0.996. The maximum Gasteiger partial charge on any atom is 0.159 e. The third-order valence-electron chi connectivity index (χ3n) is 2.70. The third-order valence-corrected chi connectivity index (χ3v) is 2.70. The summed E-state index contributed by atoms with van der Waals surface area (Å²) in [5.41, 5.74) is 0.650. The topological polar surface area (TPSA) is 25.2 Å². The summed E-state index contributed by atoms with van der Waals surface area (Å²) in [6, 6.07) is 7.23. The van der Waals surface area contributed by atoms with Gasteiger partial charge in [-0.15, -0.1) is 0 Å². The van der Waals surface area contributed by atoms with Gasteiger partial charge in [0.1, 0.15) is 5.76 Å². The van der Waals surface area contributed by atoms with Crippen LogP contribution in [0.4, 0.5) is 8.78 Å². The maximum atomic E-state index is 13.3. The monoisotopic (exact) mass is 251 g/mol. The Balaban J connectivity index is 2.30. The van der Waals surface area contributed by atoms with Crippen molar-refractivity contribution in [2.45, 2.75) is 19.4 Å². The van der Waals surface area contributed by atoms with E-state index in [4.69, 9.17) is 4.42 Å². The van der Waals surface area contributed by atoms with Gasteiger partial charge in [-0.3, -0.25) is 0 Å². The first-order chi connectivity index (χ1) is 8.72. The van der Waals surface area contributed by atoms with E-state index in [0.29, 0.717) is 11.3 Å². The van der Waals surface area contributed by atoms with Crippen LogP contribution in [0.25, 0.3) is 0 Å². The SMILES string of the molecule is CCCNC(c1ccc(F)c(F)c1)c1ccco1. The molecular formula is C14H15F2NO. The molecule has 0 saturated carbocycles. The minimum Gasteiger partial charge on any atom is -0.467 e. The molecule has 2 nitrogen and oxygen atoms in total. The standard InChI is InChI=1S/C14H15F2NO/c1-2-7-17-14(13-4-3-8-18-13)10-5-6-11(15)12(16)9-10/h3-6,8-9,14,17H,2,7H2,1H3. The number of hydrogen-bond acceptors (Lipinski definition) is 2. The fourth-order valence-electron chi connectivity index (χ4n) is 1.82. The minimum absolute atomic E-state index is 0.255. The van der Waals surface area contributed by atoms with Crippen LogP contribution in [-0.4, -0.2) is 6.54 Å². The fraction of sp³-hybridized carbons (Fsp3) is 0.286. The number of halogens is 2. The summed E-state index contributed by atoms with van der Waals surface area (Å²) in [6.07, 6.45) is 2.51. The highest BCUT2D eigenvalue weighted by molar-refractivity contribution is 5.27. The molecule has 1 heterocycles. The second kappa shape index (κ2) is 5.78. The Morgan fingerprint density at radius 1 is 1.22 bits per heavy atom. The molecule has 0 amide bonds. The predicted octanol–water partition coefficient (Wildman–Crippen LogP) is 3.65. The van der Waals surface area contributed by atoms with Crippen molar-refractivity contribution in [2.75, 3.05) is 6.54 Å². The van der Waals surface area contributed by atoms with E-state index in [0.717, 1.165) is 19.0 Å². The Labute approximate surface area is 105 Å². The average Bonchev–Trinajstić information content (AvgIpc) is 2.88. The molecule has 96 valence electrons. The quantitative estimate of drug-likeness (QED) is 0.877. The van der Waals surface area contributed by atoms with Crippen LogP contribution in [-0.2, 0) is 0 Å². The highest BCUT2D eigenvalue weighted by Crippen LogP contribution is 2.23. The summed E-state index contributed by atoms with van der Waals surface area (Å²) in [6.45, 7) is 2.81. The van der Waals surface area contributed by atoms with Crippen molar-refractivity contribution >= 4 is 0 Å². The third kappa shape index (κ3) is 2.76. The largest absolute Gasteiger partial charge is 0.467 e. The number of nitrogens with one attached hydrogen (secondary N) is 1. The summed E-state index contributed by atoms with van der Waals surface area (Å²) in [5, 5.41) is 3.25. The van der Waals surface area contributed by atoms with Gasteiger partial charge in [-0.1, -0.05) is 13.0 Å². The number of furan rings is 1. The Morgan fingerprint density at radius 3 is 2.67 bits per heavy atom. The van der Waals surface area contributed by atoms with Crippen molar-refractivity contribution in [3.05, 3.63) is 59.6 Å². The first kappa shape index (κ1) is 12.8. The van der Waals surface area contributed by atoms with Crippen LogP contribution in [0.3, 0.4) is 0 Å². The normalized spacial score (nSPS) is 12.6. The second-order valence-electron chi connectivity index (χ2n) is 4.08. The van der Waals surface area contributed by atoms with Gasteiger partial charge in [-0.2, -0.15) is 0 Å². The van der Waals surface area contributed by atoms with E-state index in [2.05, 4.69) is 5.32 Å². The Bertz CT molecular complexity index is 497. The zero-order valence-corrected chi connectivity index (χ0v) is 10.1. The van der Waals surface area contributed by atoms with E-state index in [1.807, 2.05) is 13.0 Å². The molecule has 1 N–H and O–H groups in total. The molecule has 1 aromatic carbocycles. The van der Waals surface area contributed by atoms with Crippen molar-refractivity contribution in [1.82, 2.24) is 5.32 Å². The second-order valence-corrected chi connectivity index (χ2v) is 4.08. The first-order valence-electron chi connectivity index (χ1n) is 5.94. The zero-order chi connectivity index (χ0) is 13.0. The van der Waals surface area contributed by atoms with E-state index in [1.165, 1.54) is 6.07 Å². The molecular weight excluding hydrogens is 236 g/mol. The molecule has 1 atom stereocenters. The lowest BCUT2D eigenvalue weighted by Gasteiger charge is -2.16. The molecule has 0 aliphatic heterocycles. The molecule has 0 saturated heterocycles. The molecule has 0 aliphatic rings. The van der Waals surface area contributed by atoms with E-state index in [1.54, 1.807) is 18.4 Å². The van der Waals surface area contributed by atoms with E-state index in [-0.39, 0.29) is 6.04 Å². The Morgan fingerprint density at radius 2 is 2.06 bits per heavy atom. The summed E-state index contributed by atoms with van der Waals surface area (Å²) in [4.78, 5) is 0. The van der Waals surface area contributed by atoms with Crippen LogP contribution >= 0.6 is 0 Å². The molecule has 2 aromatic rings. The Hall–Kier alpha value is -1.68. The molecule has 18 heavy (non-hydrogen) atoms. The highest BCUT2D eigenvalue weighted by atomic mass is 19.2. The summed E-state index contributed by atoms with van der Waals surface area (Å²) in [7, 11) is 0. The van der Waals surface area contributed by atoms with Gasteiger partial charge in [0.05, 0.1) is 12.3 Å². The minimum atomic E-state index is -0.845. The molecule has 0 spiro atoms. The van der Waals surface area contributed by atoms with Crippen LogP contribution in [0, 0.1) is 11.6 Å².